The van der Waals surface area contributed by atoms with Crippen LogP contribution in [0.15, 0.2) is 10.5 Å². The Labute approximate surface area is 108 Å². The van der Waals surface area contributed by atoms with Gasteiger partial charge >= 0.3 is 0 Å². The highest BCUT2D eigenvalue weighted by Gasteiger charge is 2.25. The number of carbonyl (C=O) groups excluding carboxylic acids is 1. The monoisotopic (exact) mass is 300 g/mol. The van der Waals surface area contributed by atoms with Gasteiger partial charge in [0.15, 0.2) is 11.5 Å². The SMILES string of the molecule is COc1c(C(C)CC=O)cc2c(c1Br)OCO2. The number of methoxy groups -OCH3 is 1. The van der Waals surface area contributed by atoms with Crippen LogP contribution in [0.3, 0.4) is 0 Å². The van der Waals surface area contributed by atoms with Crippen molar-refractivity contribution in [2.24, 2.45) is 0 Å². The van der Waals surface area contributed by atoms with E-state index in [-0.39, 0.29) is 12.7 Å². The Morgan fingerprint density at radius 2 is 2.35 bits per heavy atom. The molecule has 1 aromatic rings. The van der Waals surface area contributed by atoms with Crippen LogP contribution in [0, 0.1) is 0 Å². The first-order valence-corrected chi connectivity index (χ1v) is 6.08. The van der Waals surface area contributed by atoms with Gasteiger partial charge in [0.2, 0.25) is 6.79 Å². The maximum Gasteiger partial charge on any atom is 0.231 e. The molecule has 0 amide bonds. The molecule has 0 N–H and O–H groups in total. The van der Waals surface area contributed by atoms with Gasteiger partial charge < -0.3 is 19.0 Å². The van der Waals surface area contributed by atoms with Crippen LogP contribution in [0.25, 0.3) is 0 Å². The van der Waals surface area contributed by atoms with E-state index in [0.717, 1.165) is 16.3 Å². The number of hydrogen-bond acceptors (Lipinski definition) is 4. The van der Waals surface area contributed by atoms with Gasteiger partial charge in [0, 0.05) is 12.0 Å². The lowest BCUT2D eigenvalue weighted by Crippen LogP contribution is -1.99. The van der Waals surface area contributed by atoms with Gasteiger partial charge in [0.25, 0.3) is 0 Å². The van der Waals surface area contributed by atoms with Gasteiger partial charge in [-0.3, -0.25) is 0 Å². The van der Waals surface area contributed by atoms with E-state index in [2.05, 4.69) is 15.9 Å². The predicted octanol–water partition coefficient (Wildman–Crippen LogP) is 2.88. The highest BCUT2D eigenvalue weighted by atomic mass is 79.9. The first-order valence-electron chi connectivity index (χ1n) is 5.28. The smallest absolute Gasteiger partial charge is 0.231 e. The lowest BCUT2D eigenvalue weighted by Gasteiger charge is -2.16. The summed E-state index contributed by atoms with van der Waals surface area (Å²) in [6.07, 6.45) is 1.35. The van der Waals surface area contributed by atoms with Crippen LogP contribution in [0.4, 0.5) is 0 Å². The maximum atomic E-state index is 10.6. The van der Waals surface area contributed by atoms with E-state index in [1.807, 2.05) is 13.0 Å². The summed E-state index contributed by atoms with van der Waals surface area (Å²) >= 11 is 3.44. The van der Waals surface area contributed by atoms with E-state index >= 15 is 0 Å². The molecule has 1 aromatic carbocycles. The van der Waals surface area contributed by atoms with Gasteiger partial charge in [0.05, 0.1) is 7.11 Å². The fourth-order valence-corrected chi connectivity index (χ4v) is 2.55. The third-order valence-corrected chi connectivity index (χ3v) is 3.49. The van der Waals surface area contributed by atoms with Crippen LogP contribution in [0.1, 0.15) is 24.8 Å². The summed E-state index contributed by atoms with van der Waals surface area (Å²) in [6, 6.07) is 1.88. The molecule has 4 nitrogen and oxygen atoms in total. The lowest BCUT2D eigenvalue weighted by molar-refractivity contribution is -0.108. The molecule has 1 atom stereocenters. The summed E-state index contributed by atoms with van der Waals surface area (Å²) in [6.45, 7) is 2.18. The van der Waals surface area contributed by atoms with Crippen molar-refractivity contribution in [1.82, 2.24) is 0 Å². The van der Waals surface area contributed by atoms with E-state index in [4.69, 9.17) is 14.2 Å². The van der Waals surface area contributed by atoms with Crippen LogP contribution in [-0.4, -0.2) is 20.2 Å². The predicted molar refractivity (Wildman–Crippen MR) is 65.9 cm³/mol. The maximum absolute atomic E-state index is 10.6. The van der Waals surface area contributed by atoms with Crippen LogP contribution in [0.5, 0.6) is 17.2 Å². The van der Waals surface area contributed by atoms with Crippen molar-refractivity contribution in [3.63, 3.8) is 0 Å². The molecular formula is C12H13BrO4. The molecule has 92 valence electrons. The topological polar surface area (TPSA) is 44.8 Å². The van der Waals surface area contributed by atoms with Crippen molar-refractivity contribution >= 4 is 22.2 Å². The minimum atomic E-state index is 0.0771. The molecule has 5 heteroatoms. The Kier molecular flexibility index (Phi) is 3.57. The second-order valence-electron chi connectivity index (χ2n) is 3.85. The second kappa shape index (κ2) is 4.96. The fraction of sp³-hybridized carbons (Fsp3) is 0.417. The highest BCUT2D eigenvalue weighted by molar-refractivity contribution is 9.10. The molecular weight excluding hydrogens is 288 g/mol. The number of aldehydes is 1. The molecule has 0 saturated carbocycles. The molecule has 0 spiro atoms. The Balaban J connectivity index is 2.51. The summed E-state index contributed by atoms with van der Waals surface area (Å²) in [5, 5.41) is 0. The molecule has 17 heavy (non-hydrogen) atoms. The number of fused-ring (bicyclic) bond motifs is 1. The normalized spacial score (nSPS) is 14.5. The number of benzene rings is 1. The third kappa shape index (κ3) is 2.11. The lowest BCUT2D eigenvalue weighted by atomic mass is 9.97. The molecule has 1 heterocycles. The first kappa shape index (κ1) is 12.2. The molecule has 0 radical (unpaired) electrons. The van der Waals surface area contributed by atoms with Gasteiger partial charge in [-0.15, -0.1) is 0 Å². The van der Waals surface area contributed by atoms with Crippen LogP contribution < -0.4 is 14.2 Å². The average molecular weight is 301 g/mol. The van der Waals surface area contributed by atoms with E-state index in [9.17, 15) is 4.79 Å². The van der Waals surface area contributed by atoms with E-state index < -0.39 is 0 Å². The summed E-state index contributed by atoms with van der Waals surface area (Å²) in [4.78, 5) is 10.6. The number of carbonyl (C=O) groups is 1. The van der Waals surface area contributed by atoms with Crippen molar-refractivity contribution in [3.8, 4) is 17.2 Å². The standard InChI is InChI=1S/C12H13BrO4/c1-7(3-4-14)8-5-9-12(17-6-16-9)10(13)11(8)15-2/h4-5,7H,3,6H2,1-2H3. The van der Waals surface area contributed by atoms with Gasteiger partial charge in [-0.2, -0.15) is 0 Å². The molecule has 0 fully saturated rings. The molecule has 0 saturated heterocycles. The minimum Gasteiger partial charge on any atom is -0.495 e. The minimum absolute atomic E-state index is 0.0771. The molecule has 0 aliphatic carbocycles. The second-order valence-corrected chi connectivity index (χ2v) is 4.64. The highest BCUT2D eigenvalue weighted by Crippen LogP contribution is 2.48. The van der Waals surface area contributed by atoms with Crippen LogP contribution >= 0.6 is 15.9 Å². The zero-order valence-corrected chi connectivity index (χ0v) is 11.2. The number of rotatable bonds is 4. The fourth-order valence-electron chi connectivity index (χ4n) is 1.85. The molecule has 0 aromatic heterocycles. The van der Waals surface area contributed by atoms with Crippen molar-refractivity contribution < 1.29 is 19.0 Å². The quantitative estimate of drug-likeness (QED) is 0.802. The van der Waals surface area contributed by atoms with Crippen LogP contribution in [-0.2, 0) is 4.79 Å². The largest absolute Gasteiger partial charge is 0.495 e. The molecule has 1 unspecified atom stereocenters. The van der Waals surface area contributed by atoms with Crippen molar-refractivity contribution in [2.75, 3.05) is 13.9 Å². The van der Waals surface area contributed by atoms with Crippen molar-refractivity contribution in [2.45, 2.75) is 19.3 Å². The first-order chi connectivity index (χ1) is 8.19. The summed E-state index contributed by atoms with van der Waals surface area (Å²) in [5.74, 6) is 2.12. The number of halogens is 1. The van der Waals surface area contributed by atoms with E-state index in [1.54, 1.807) is 7.11 Å². The number of hydrogen-bond donors (Lipinski definition) is 0. The molecule has 1 aliphatic heterocycles. The Hall–Kier alpha value is -1.23. The van der Waals surface area contributed by atoms with E-state index in [1.165, 1.54) is 0 Å². The van der Waals surface area contributed by atoms with Gasteiger partial charge in [-0.25, -0.2) is 0 Å². The van der Waals surface area contributed by atoms with Crippen molar-refractivity contribution in [3.05, 3.63) is 16.1 Å². The van der Waals surface area contributed by atoms with Gasteiger partial charge in [0.1, 0.15) is 16.5 Å². The summed E-state index contributed by atoms with van der Waals surface area (Å²) in [7, 11) is 1.60. The molecule has 1 aliphatic rings. The van der Waals surface area contributed by atoms with E-state index in [0.29, 0.717) is 23.7 Å². The summed E-state index contributed by atoms with van der Waals surface area (Å²) < 4.78 is 16.8. The van der Waals surface area contributed by atoms with Crippen molar-refractivity contribution in [1.29, 1.82) is 0 Å². The van der Waals surface area contributed by atoms with Gasteiger partial charge in [-0.1, -0.05) is 6.92 Å². The summed E-state index contributed by atoms with van der Waals surface area (Å²) in [5.41, 5.74) is 0.940. The Bertz CT molecular complexity index is 445. The van der Waals surface area contributed by atoms with Crippen LogP contribution in [0.2, 0.25) is 0 Å². The van der Waals surface area contributed by atoms with Gasteiger partial charge in [-0.05, 0) is 27.9 Å². The molecule has 0 bridgehead atoms. The zero-order valence-electron chi connectivity index (χ0n) is 9.66. The number of ether oxygens (including phenoxy) is 3. The zero-order chi connectivity index (χ0) is 12.4. The average Bonchev–Trinajstić information content (AvgIpc) is 2.77. The molecule has 2 rings (SSSR count). The third-order valence-electron chi connectivity index (χ3n) is 2.77. The Morgan fingerprint density at radius 3 is 3.00 bits per heavy atom. The Morgan fingerprint density at radius 1 is 1.59 bits per heavy atom.